The number of rotatable bonds is 6. The lowest BCUT2D eigenvalue weighted by molar-refractivity contribution is -0.137. The van der Waals surface area contributed by atoms with Crippen LogP contribution in [0.15, 0.2) is 48.7 Å². The molecule has 0 radical (unpaired) electrons. The van der Waals surface area contributed by atoms with Crippen molar-refractivity contribution in [2.24, 2.45) is 0 Å². The number of likely N-dealkylation sites (N-methyl/N-ethyl adjacent to an activating group) is 1. The molecule has 2 amide bonds. The highest BCUT2D eigenvalue weighted by Gasteiger charge is 2.35. The van der Waals surface area contributed by atoms with Crippen molar-refractivity contribution < 1.29 is 27.2 Å². The van der Waals surface area contributed by atoms with Gasteiger partial charge in [0.2, 0.25) is 11.8 Å². The second-order valence-electron chi connectivity index (χ2n) is 8.10. The van der Waals surface area contributed by atoms with Crippen LogP contribution >= 0.6 is 35.1 Å². The quantitative estimate of drug-likeness (QED) is 0.281. The number of carbonyl (C=O) groups excluding carboxylic acids is 2. The van der Waals surface area contributed by atoms with Gasteiger partial charge in [0.25, 0.3) is 0 Å². The molecule has 1 aromatic heterocycles. The maximum Gasteiger partial charge on any atom is 0.416 e. The number of amides is 2. The molecule has 3 aromatic rings. The predicted molar refractivity (Wildman–Crippen MR) is 135 cm³/mol. The summed E-state index contributed by atoms with van der Waals surface area (Å²) in [6.45, 7) is 0.167. The van der Waals surface area contributed by atoms with Crippen molar-refractivity contribution in [3.05, 3.63) is 69.9 Å². The van der Waals surface area contributed by atoms with Gasteiger partial charge in [0.05, 0.1) is 23.2 Å². The topological polar surface area (TPSA) is 86.4 Å². The van der Waals surface area contributed by atoms with E-state index in [1.54, 1.807) is 17.5 Å². The molecular weight excluding hydrogens is 554 g/mol. The molecule has 1 aliphatic heterocycles. The van der Waals surface area contributed by atoms with Gasteiger partial charge in [0, 0.05) is 34.5 Å². The minimum absolute atomic E-state index is 0.118. The summed E-state index contributed by atoms with van der Waals surface area (Å²) in [5.74, 6) is -1.30. The maximum absolute atomic E-state index is 13.4. The van der Waals surface area contributed by atoms with Gasteiger partial charge in [-0.1, -0.05) is 23.7 Å². The van der Waals surface area contributed by atoms with E-state index in [2.05, 4.69) is 20.3 Å². The van der Waals surface area contributed by atoms with E-state index in [1.165, 1.54) is 35.6 Å². The number of halogens is 5. The summed E-state index contributed by atoms with van der Waals surface area (Å²) < 4.78 is 56.4. The van der Waals surface area contributed by atoms with Gasteiger partial charge in [-0.25, -0.2) is 18.4 Å². The van der Waals surface area contributed by atoms with Crippen LogP contribution in [0.5, 0.6) is 0 Å². The highest BCUT2D eigenvalue weighted by atomic mass is 35.5. The molecule has 7 nitrogen and oxygen atoms in total. The van der Waals surface area contributed by atoms with E-state index in [0.717, 1.165) is 30.3 Å². The van der Waals surface area contributed by atoms with E-state index in [-0.39, 0.29) is 29.8 Å². The molecule has 2 unspecified atom stereocenters. The van der Waals surface area contributed by atoms with Crippen molar-refractivity contribution in [3.63, 3.8) is 0 Å². The first kappa shape index (κ1) is 27.3. The first-order chi connectivity index (χ1) is 17.5. The molecule has 4 rings (SSSR count). The monoisotopic (exact) mass is 573 g/mol. The Balaban J connectivity index is 1.33. The zero-order valence-corrected chi connectivity index (χ0v) is 21.5. The minimum atomic E-state index is -4.41. The number of carbonyl (C=O) groups is 2. The molecule has 1 aliphatic rings. The van der Waals surface area contributed by atoms with E-state index < -0.39 is 29.6 Å². The molecule has 2 atom stereocenters. The smallest absolute Gasteiger partial charge is 0.350 e. The molecule has 1 saturated heterocycles. The SMILES string of the molecule is CN1SNC(C(=O)NCc2cnc(-c3ccc(C(F)(F)F)cc3)s2)CC1C(=O)Nc1ccc(F)c(Cl)c1. The van der Waals surface area contributed by atoms with Gasteiger partial charge in [-0.3, -0.25) is 9.59 Å². The standard InChI is InChI=1S/C23H20ClF4N5O2S2/c1-33-19(21(35)31-14-6-7-17(25)16(24)8-14)9-18(32-37-33)20(34)29-10-15-11-30-22(36-15)12-2-4-13(5-3-12)23(26,27)28/h2-8,11,18-19,32H,9-10H2,1H3,(H,29,34)(H,31,35). The average Bonchev–Trinajstić information content (AvgIpc) is 3.34. The highest BCUT2D eigenvalue weighted by molar-refractivity contribution is 7.95. The van der Waals surface area contributed by atoms with E-state index in [1.807, 2.05) is 0 Å². The summed E-state index contributed by atoms with van der Waals surface area (Å²) in [4.78, 5) is 30.5. The molecule has 0 spiro atoms. The Morgan fingerprint density at radius 3 is 2.59 bits per heavy atom. The number of thiazole rings is 1. The molecule has 3 N–H and O–H groups in total. The lowest BCUT2D eigenvalue weighted by Crippen LogP contribution is -2.53. The second-order valence-corrected chi connectivity index (χ2v) is 10.6. The minimum Gasteiger partial charge on any atom is -0.350 e. The number of nitrogens with zero attached hydrogens (tertiary/aromatic N) is 2. The van der Waals surface area contributed by atoms with E-state index >= 15 is 0 Å². The van der Waals surface area contributed by atoms with Gasteiger partial charge in [0.1, 0.15) is 16.9 Å². The molecular formula is C23H20ClF4N5O2S2. The van der Waals surface area contributed by atoms with Crippen LogP contribution in [-0.2, 0) is 22.3 Å². The Morgan fingerprint density at radius 2 is 1.92 bits per heavy atom. The first-order valence-corrected chi connectivity index (χ1v) is 12.8. The van der Waals surface area contributed by atoms with Crippen LogP contribution in [0, 0.1) is 5.82 Å². The first-order valence-electron chi connectivity index (χ1n) is 10.8. The zero-order valence-electron chi connectivity index (χ0n) is 19.1. The van der Waals surface area contributed by atoms with Crippen LogP contribution in [0.4, 0.5) is 23.2 Å². The molecule has 14 heteroatoms. The van der Waals surface area contributed by atoms with E-state index in [0.29, 0.717) is 21.1 Å². The fraction of sp³-hybridized carbons (Fsp3) is 0.261. The third kappa shape index (κ3) is 6.79. The highest BCUT2D eigenvalue weighted by Crippen LogP contribution is 2.32. The number of aromatic nitrogens is 1. The summed E-state index contributed by atoms with van der Waals surface area (Å²) in [6, 6.07) is 7.24. The van der Waals surface area contributed by atoms with Crippen molar-refractivity contribution in [1.82, 2.24) is 19.3 Å². The summed E-state index contributed by atoms with van der Waals surface area (Å²) in [5.41, 5.74) is 0.140. The van der Waals surface area contributed by atoms with Crippen LogP contribution in [-0.4, -0.2) is 40.2 Å². The van der Waals surface area contributed by atoms with Crippen molar-refractivity contribution in [2.75, 3.05) is 12.4 Å². The summed E-state index contributed by atoms with van der Waals surface area (Å²) in [7, 11) is 1.70. The Labute approximate surface area is 222 Å². The average molecular weight is 574 g/mol. The fourth-order valence-electron chi connectivity index (χ4n) is 3.48. The van der Waals surface area contributed by atoms with Crippen molar-refractivity contribution in [1.29, 1.82) is 0 Å². The van der Waals surface area contributed by atoms with Crippen LogP contribution in [0.25, 0.3) is 10.6 Å². The Morgan fingerprint density at radius 1 is 1.19 bits per heavy atom. The van der Waals surface area contributed by atoms with Crippen molar-refractivity contribution in [3.8, 4) is 10.6 Å². The van der Waals surface area contributed by atoms with Crippen molar-refractivity contribution >= 4 is 52.6 Å². The summed E-state index contributed by atoms with van der Waals surface area (Å²) in [6.07, 6.45) is -2.68. The molecule has 0 bridgehead atoms. The van der Waals surface area contributed by atoms with Gasteiger partial charge in [-0.05, 0) is 43.8 Å². The van der Waals surface area contributed by atoms with Crippen LogP contribution in [0.3, 0.4) is 0 Å². The third-order valence-corrected chi connectivity index (χ3v) is 7.76. The van der Waals surface area contributed by atoms with Gasteiger partial charge < -0.3 is 10.6 Å². The number of hydrogen-bond acceptors (Lipinski definition) is 7. The largest absolute Gasteiger partial charge is 0.416 e. The molecule has 37 heavy (non-hydrogen) atoms. The third-order valence-electron chi connectivity index (χ3n) is 5.49. The van der Waals surface area contributed by atoms with E-state index in [9.17, 15) is 27.2 Å². The van der Waals surface area contributed by atoms with Crippen LogP contribution in [0.2, 0.25) is 5.02 Å². The fourth-order valence-corrected chi connectivity index (χ4v) is 5.33. The van der Waals surface area contributed by atoms with Gasteiger partial charge in [0.15, 0.2) is 0 Å². The normalized spacial score (nSPS) is 18.4. The van der Waals surface area contributed by atoms with Gasteiger partial charge >= 0.3 is 6.18 Å². The summed E-state index contributed by atoms with van der Waals surface area (Å²) in [5, 5.41) is 5.89. The molecule has 0 aliphatic carbocycles. The number of benzene rings is 2. The molecule has 0 saturated carbocycles. The van der Waals surface area contributed by atoms with Crippen molar-refractivity contribution in [2.45, 2.75) is 31.2 Å². The lowest BCUT2D eigenvalue weighted by Gasteiger charge is -2.34. The predicted octanol–water partition coefficient (Wildman–Crippen LogP) is 5.10. The zero-order chi connectivity index (χ0) is 26.7. The number of nitrogens with one attached hydrogen (secondary N) is 3. The lowest BCUT2D eigenvalue weighted by atomic mass is 10.1. The molecule has 1 fully saturated rings. The maximum atomic E-state index is 13.4. The molecule has 196 valence electrons. The van der Waals surface area contributed by atoms with Gasteiger partial charge in [-0.2, -0.15) is 13.2 Å². The van der Waals surface area contributed by atoms with Crippen LogP contribution in [0.1, 0.15) is 16.9 Å². The Kier molecular flexibility index (Phi) is 8.39. The Hall–Kier alpha value is -2.71. The Bertz CT molecular complexity index is 1290. The number of hydrogen-bond donors (Lipinski definition) is 3. The number of alkyl halides is 3. The van der Waals surface area contributed by atoms with Crippen LogP contribution < -0.4 is 15.4 Å². The molecule has 2 heterocycles. The van der Waals surface area contributed by atoms with Gasteiger partial charge in [-0.15, -0.1) is 11.3 Å². The number of anilines is 1. The molecule has 2 aromatic carbocycles. The van der Waals surface area contributed by atoms with E-state index in [4.69, 9.17) is 11.6 Å². The summed E-state index contributed by atoms with van der Waals surface area (Å²) >= 11 is 8.15. The second kappa shape index (κ2) is 11.4.